The molecule has 4 heteroatoms. The lowest BCUT2D eigenvalue weighted by Crippen LogP contribution is -2.45. The zero-order valence-corrected chi connectivity index (χ0v) is 11.4. The van der Waals surface area contributed by atoms with Crippen LogP contribution in [0.15, 0.2) is 27.4 Å². The summed E-state index contributed by atoms with van der Waals surface area (Å²) in [6.07, 6.45) is 4.79. The summed E-state index contributed by atoms with van der Waals surface area (Å²) in [5, 5.41) is 0. The Morgan fingerprint density at radius 1 is 1.47 bits per heavy atom. The molecule has 1 aromatic rings. The van der Waals surface area contributed by atoms with Crippen LogP contribution >= 0.6 is 0 Å². The number of allylic oxidation sites excluding steroid dienone is 1. The molecule has 102 valence electrons. The van der Waals surface area contributed by atoms with Crippen molar-refractivity contribution in [2.45, 2.75) is 33.0 Å². The second-order valence-electron chi connectivity index (χ2n) is 5.42. The number of rotatable bonds is 1. The molecule has 3 rings (SSSR count). The van der Waals surface area contributed by atoms with Gasteiger partial charge in [0.2, 0.25) is 5.79 Å². The molecule has 19 heavy (non-hydrogen) atoms. The van der Waals surface area contributed by atoms with Gasteiger partial charge in [-0.2, -0.15) is 0 Å². The lowest BCUT2D eigenvalue weighted by molar-refractivity contribution is -0.166. The van der Waals surface area contributed by atoms with Gasteiger partial charge in [-0.15, -0.1) is 0 Å². The average molecular weight is 262 g/mol. The summed E-state index contributed by atoms with van der Waals surface area (Å²) in [6, 6.07) is 1.77. The summed E-state index contributed by atoms with van der Waals surface area (Å²) in [4.78, 5) is 11.9. The van der Waals surface area contributed by atoms with Crippen LogP contribution in [0.4, 0.5) is 0 Å². The highest BCUT2D eigenvalue weighted by atomic mass is 16.7. The van der Waals surface area contributed by atoms with E-state index in [9.17, 15) is 4.79 Å². The first-order valence-corrected chi connectivity index (χ1v) is 6.63. The van der Waals surface area contributed by atoms with Crippen LogP contribution < -0.4 is 10.4 Å². The molecule has 4 nitrogen and oxygen atoms in total. The Balaban J connectivity index is 2.04. The maximum atomic E-state index is 11.9. The molecule has 0 bridgehead atoms. The molecule has 0 aliphatic carbocycles. The van der Waals surface area contributed by atoms with Crippen LogP contribution in [0.3, 0.4) is 0 Å². The molecule has 2 aliphatic heterocycles. The van der Waals surface area contributed by atoms with Crippen molar-refractivity contribution in [1.82, 2.24) is 0 Å². The van der Waals surface area contributed by atoms with E-state index in [1.54, 1.807) is 13.0 Å². The van der Waals surface area contributed by atoms with Gasteiger partial charge in [0.1, 0.15) is 11.5 Å². The van der Waals surface area contributed by atoms with Gasteiger partial charge in [-0.3, -0.25) is 0 Å². The van der Waals surface area contributed by atoms with E-state index in [2.05, 4.69) is 6.08 Å². The van der Waals surface area contributed by atoms with Gasteiger partial charge in [-0.05, 0) is 20.3 Å². The van der Waals surface area contributed by atoms with E-state index in [1.165, 1.54) is 0 Å². The van der Waals surface area contributed by atoms with E-state index in [0.717, 1.165) is 0 Å². The van der Waals surface area contributed by atoms with Crippen molar-refractivity contribution in [2.75, 3.05) is 6.61 Å². The van der Waals surface area contributed by atoms with Gasteiger partial charge < -0.3 is 13.9 Å². The number of fused-ring (bicyclic) bond motifs is 2. The molecule has 1 fully saturated rings. The van der Waals surface area contributed by atoms with Crippen LogP contribution in [-0.2, 0) is 11.2 Å². The van der Waals surface area contributed by atoms with Crippen molar-refractivity contribution < 1.29 is 13.9 Å². The van der Waals surface area contributed by atoms with E-state index in [4.69, 9.17) is 13.9 Å². The Hall–Kier alpha value is -1.55. The third kappa shape index (κ3) is 1.91. The molecule has 3 unspecified atom stereocenters. The van der Waals surface area contributed by atoms with E-state index >= 15 is 0 Å². The van der Waals surface area contributed by atoms with Gasteiger partial charge in [-0.25, -0.2) is 4.79 Å². The van der Waals surface area contributed by atoms with Crippen molar-refractivity contribution in [1.29, 1.82) is 0 Å². The van der Waals surface area contributed by atoms with Gasteiger partial charge in [-0.1, -0.05) is 12.2 Å². The van der Waals surface area contributed by atoms with Crippen LogP contribution in [0.25, 0.3) is 0 Å². The molecule has 0 spiro atoms. The lowest BCUT2D eigenvalue weighted by Gasteiger charge is -2.37. The SMILES string of the molecule is CC=CC1COC2(C)Oc3cc(C)oc(=O)c3CC12. The highest BCUT2D eigenvalue weighted by Crippen LogP contribution is 2.45. The highest BCUT2D eigenvalue weighted by molar-refractivity contribution is 5.35. The molecule has 2 aliphatic rings. The fourth-order valence-corrected chi connectivity index (χ4v) is 3.08. The molecule has 1 saturated heterocycles. The first-order valence-electron chi connectivity index (χ1n) is 6.63. The minimum absolute atomic E-state index is 0.154. The highest BCUT2D eigenvalue weighted by Gasteiger charge is 2.51. The summed E-state index contributed by atoms with van der Waals surface area (Å²) in [6.45, 7) is 6.32. The topological polar surface area (TPSA) is 48.7 Å². The van der Waals surface area contributed by atoms with E-state index in [-0.39, 0.29) is 17.5 Å². The smallest absolute Gasteiger partial charge is 0.342 e. The van der Waals surface area contributed by atoms with Crippen LogP contribution in [0.2, 0.25) is 0 Å². The van der Waals surface area contributed by atoms with Crippen LogP contribution in [0.1, 0.15) is 25.2 Å². The Morgan fingerprint density at radius 3 is 3.00 bits per heavy atom. The molecule has 0 radical (unpaired) electrons. The van der Waals surface area contributed by atoms with Crippen molar-refractivity contribution >= 4 is 0 Å². The van der Waals surface area contributed by atoms with E-state index in [1.807, 2.05) is 19.9 Å². The minimum Gasteiger partial charge on any atom is -0.462 e. The summed E-state index contributed by atoms with van der Waals surface area (Å²) in [5.41, 5.74) is 0.344. The van der Waals surface area contributed by atoms with Crippen LogP contribution in [0.5, 0.6) is 5.75 Å². The number of hydrogen-bond donors (Lipinski definition) is 0. The number of hydrogen-bond acceptors (Lipinski definition) is 4. The molecule has 3 atom stereocenters. The third-order valence-electron chi connectivity index (χ3n) is 4.06. The predicted octanol–water partition coefficient (Wildman–Crippen LogP) is 2.44. The van der Waals surface area contributed by atoms with Crippen LogP contribution in [-0.4, -0.2) is 12.4 Å². The lowest BCUT2D eigenvalue weighted by atomic mass is 9.82. The maximum absolute atomic E-state index is 11.9. The Kier molecular flexibility index (Phi) is 2.78. The molecule has 3 heterocycles. The van der Waals surface area contributed by atoms with E-state index in [0.29, 0.717) is 30.1 Å². The van der Waals surface area contributed by atoms with Crippen molar-refractivity contribution in [2.24, 2.45) is 11.8 Å². The summed E-state index contributed by atoms with van der Waals surface area (Å²) in [7, 11) is 0. The zero-order valence-electron chi connectivity index (χ0n) is 11.4. The predicted molar refractivity (Wildman–Crippen MR) is 70.2 cm³/mol. The summed E-state index contributed by atoms with van der Waals surface area (Å²) >= 11 is 0. The molecule has 0 N–H and O–H groups in total. The van der Waals surface area contributed by atoms with E-state index < -0.39 is 5.79 Å². The molecule has 0 saturated carbocycles. The standard InChI is InChI=1S/C15H18O4/c1-4-5-10-8-17-15(3)12(10)7-11-13(19-15)6-9(2)18-14(11)16/h4-6,10,12H,7-8H2,1-3H3. The number of ether oxygens (including phenoxy) is 2. The second kappa shape index (κ2) is 4.23. The van der Waals surface area contributed by atoms with Gasteiger partial charge in [0.05, 0.1) is 12.2 Å². The van der Waals surface area contributed by atoms with Crippen molar-refractivity contribution in [3.63, 3.8) is 0 Å². The van der Waals surface area contributed by atoms with Crippen molar-refractivity contribution in [3.8, 4) is 5.75 Å². The Morgan fingerprint density at radius 2 is 2.26 bits per heavy atom. The molecule has 1 aromatic heterocycles. The molecule has 0 amide bonds. The normalized spacial score (nSPS) is 33.0. The zero-order chi connectivity index (χ0) is 13.6. The fourth-order valence-electron chi connectivity index (χ4n) is 3.08. The quantitative estimate of drug-likeness (QED) is 0.729. The fraction of sp³-hybridized carbons (Fsp3) is 0.533. The van der Waals surface area contributed by atoms with Gasteiger partial charge >= 0.3 is 5.63 Å². The van der Waals surface area contributed by atoms with Crippen molar-refractivity contribution in [3.05, 3.63) is 40.0 Å². The molecular formula is C15H18O4. The Labute approximate surface area is 112 Å². The first kappa shape index (κ1) is 12.5. The monoisotopic (exact) mass is 262 g/mol. The summed E-state index contributed by atoms with van der Waals surface area (Å²) in [5.74, 6) is 0.963. The summed E-state index contributed by atoms with van der Waals surface area (Å²) < 4.78 is 17.0. The molecule has 0 aromatic carbocycles. The molecular weight excluding hydrogens is 244 g/mol. The van der Waals surface area contributed by atoms with Gasteiger partial charge in [0.15, 0.2) is 0 Å². The van der Waals surface area contributed by atoms with Gasteiger partial charge in [0.25, 0.3) is 0 Å². The van der Waals surface area contributed by atoms with Gasteiger partial charge in [0, 0.05) is 24.8 Å². The Bertz CT molecular complexity index is 586. The maximum Gasteiger partial charge on any atom is 0.342 e. The largest absolute Gasteiger partial charge is 0.462 e. The number of aryl methyl sites for hydroxylation is 1. The van der Waals surface area contributed by atoms with Crippen LogP contribution in [0, 0.1) is 18.8 Å². The average Bonchev–Trinajstić information content (AvgIpc) is 2.64. The minimum atomic E-state index is -0.641. The first-order chi connectivity index (χ1) is 9.03. The third-order valence-corrected chi connectivity index (χ3v) is 4.06. The second-order valence-corrected chi connectivity index (χ2v) is 5.42.